The van der Waals surface area contributed by atoms with Crippen molar-refractivity contribution in [1.29, 1.82) is 0 Å². The summed E-state index contributed by atoms with van der Waals surface area (Å²) in [6.45, 7) is 8.15. The van der Waals surface area contributed by atoms with Crippen molar-refractivity contribution in [2.45, 2.75) is 38.9 Å². The molecule has 102 valence electrons. The van der Waals surface area contributed by atoms with E-state index < -0.39 is 0 Å². The molecule has 5 heteroatoms. The first kappa shape index (κ1) is 15.1. The van der Waals surface area contributed by atoms with Crippen LogP contribution in [0.15, 0.2) is 28.6 Å². The van der Waals surface area contributed by atoms with Gasteiger partial charge in [0.25, 0.3) is 0 Å². The smallest absolute Gasteiger partial charge is 0.400 e. The second-order valence-electron chi connectivity index (χ2n) is 5.65. The molecule has 1 saturated heterocycles. The van der Waals surface area contributed by atoms with E-state index in [-0.39, 0.29) is 18.3 Å². The maximum Gasteiger partial charge on any atom is 0.487 e. The average Bonchev–Trinajstić information content (AvgIpc) is 2.49. The second kappa shape index (κ2) is 5.25. The minimum atomic E-state index is -0.337. The summed E-state index contributed by atoms with van der Waals surface area (Å²) in [6.07, 6.45) is 1.96. The molecule has 1 heterocycles. The Morgan fingerprint density at radius 2 is 1.74 bits per heavy atom. The van der Waals surface area contributed by atoms with E-state index in [1.165, 1.54) is 0 Å². The van der Waals surface area contributed by atoms with Gasteiger partial charge in [-0.2, -0.15) is 0 Å². The van der Waals surface area contributed by atoms with Gasteiger partial charge in [-0.15, -0.1) is 0 Å². The highest BCUT2D eigenvalue weighted by molar-refractivity contribution is 9.10. The van der Waals surface area contributed by atoms with Crippen LogP contribution in [0.25, 0.3) is 6.08 Å². The van der Waals surface area contributed by atoms with Crippen molar-refractivity contribution in [3.8, 4) is 0 Å². The fourth-order valence-corrected chi connectivity index (χ4v) is 2.35. The fraction of sp³-hybridized carbons (Fsp3) is 0.429. The molecule has 0 N–H and O–H groups in total. The number of hydrogen-bond donors (Lipinski definition) is 0. The van der Waals surface area contributed by atoms with Gasteiger partial charge in [0.2, 0.25) is 0 Å². The summed E-state index contributed by atoms with van der Waals surface area (Å²) in [4.78, 5) is 0. The van der Waals surface area contributed by atoms with Crippen LogP contribution >= 0.6 is 27.5 Å². The third-order valence-electron chi connectivity index (χ3n) is 3.66. The van der Waals surface area contributed by atoms with E-state index in [9.17, 15) is 0 Å². The van der Waals surface area contributed by atoms with Gasteiger partial charge in [0, 0.05) is 9.50 Å². The van der Waals surface area contributed by atoms with Gasteiger partial charge in [0.1, 0.15) is 0 Å². The van der Waals surface area contributed by atoms with Crippen LogP contribution in [-0.4, -0.2) is 18.3 Å². The van der Waals surface area contributed by atoms with Gasteiger partial charge >= 0.3 is 7.12 Å². The first-order valence-electron chi connectivity index (χ1n) is 6.20. The maximum absolute atomic E-state index is 5.99. The molecule has 0 amide bonds. The molecule has 0 aromatic heterocycles. The quantitative estimate of drug-likeness (QED) is 0.722. The first-order chi connectivity index (χ1) is 8.71. The van der Waals surface area contributed by atoms with Crippen molar-refractivity contribution < 1.29 is 9.31 Å². The maximum atomic E-state index is 5.99. The molecule has 0 spiro atoms. The topological polar surface area (TPSA) is 18.5 Å². The number of hydrogen-bond acceptors (Lipinski definition) is 2. The van der Waals surface area contributed by atoms with E-state index in [2.05, 4.69) is 15.9 Å². The van der Waals surface area contributed by atoms with Gasteiger partial charge in [-0.05, 0) is 51.5 Å². The van der Waals surface area contributed by atoms with Crippen LogP contribution < -0.4 is 0 Å². The van der Waals surface area contributed by atoms with Crippen molar-refractivity contribution in [2.24, 2.45) is 0 Å². The van der Waals surface area contributed by atoms with E-state index in [1.54, 1.807) is 0 Å². The molecule has 1 aromatic carbocycles. The zero-order valence-corrected chi connectivity index (χ0v) is 13.9. The number of halogens is 2. The summed E-state index contributed by atoms with van der Waals surface area (Å²) in [5.41, 5.74) is 0.378. The molecule has 2 nitrogen and oxygen atoms in total. The minimum Gasteiger partial charge on any atom is -0.400 e. The summed E-state index contributed by atoms with van der Waals surface area (Å²) >= 11 is 9.48. The fourth-order valence-electron chi connectivity index (χ4n) is 1.79. The third-order valence-corrected chi connectivity index (χ3v) is 4.62. The molecule has 1 fully saturated rings. The lowest BCUT2D eigenvalue weighted by Gasteiger charge is -2.32. The SMILES string of the molecule is CC1(C)OB(/C=C/c2cc(Cl)ccc2Br)OC1(C)C. The average molecular weight is 343 g/mol. The number of rotatable bonds is 2. The van der Waals surface area contributed by atoms with Crippen LogP contribution in [-0.2, 0) is 9.31 Å². The summed E-state index contributed by atoms with van der Waals surface area (Å²) in [5, 5.41) is 0.705. The van der Waals surface area contributed by atoms with E-state index >= 15 is 0 Å². The molecule has 19 heavy (non-hydrogen) atoms. The first-order valence-corrected chi connectivity index (χ1v) is 7.37. The summed E-state index contributed by atoms with van der Waals surface area (Å²) in [5.74, 6) is 1.91. The number of benzene rings is 1. The molecular formula is C14H17BBrClO2. The predicted molar refractivity (Wildman–Crippen MR) is 84.3 cm³/mol. The van der Waals surface area contributed by atoms with Gasteiger partial charge in [0.05, 0.1) is 11.2 Å². The molecule has 0 saturated carbocycles. The van der Waals surface area contributed by atoms with E-state index in [0.717, 1.165) is 10.0 Å². The van der Waals surface area contributed by atoms with Crippen molar-refractivity contribution in [3.05, 3.63) is 39.2 Å². The Bertz CT molecular complexity index is 498. The molecular weight excluding hydrogens is 326 g/mol. The Balaban J connectivity index is 2.15. The molecule has 1 aliphatic heterocycles. The minimum absolute atomic E-state index is 0.312. The van der Waals surface area contributed by atoms with Crippen molar-refractivity contribution in [2.75, 3.05) is 0 Å². The summed E-state index contributed by atoms with van der Waals surface area (Å²) in [6, 6.07) is 5.66. The summed E-state index contributed by atoms with van der Waals surface area (Å²) < 4.78 is 12.8. The molecule has 0 unspecified atom stereocenters. The third kappa shape index (κ3) is 3.25. The van der Waals surface area contributed by atoms with E-state index in [0.29, 0.717) is 5.02 Å². The van der Waals surface area contributed by atoms with Crippen molar-refractivity contribution in [3.63, 3.8) is 0 Å². The summed E-state index contributed by atoms with van der Waals surface area (Å²) in [7, 11) is -0.337. The van der Waals surface area contributed by atoms with E-state index in [1.807, 2.05) is 57.9 Å². The van der Waals surface area contributed by atoms with Crippen LogP contribution in [0.4, 0.5) is 0 Å². The molecule has 0 atom stereocenters. The van der Waals surface area contributed by atoms with Gasteiger partial charge in [-0.25, -0.2) is 0 Å². The standard InChI is InChI=1S/C14H17BBrClO2/c1-13(2)14(3,4)19-15(18-13)8-7-10-9-11(17)5-6-12(10)16/h5-9H,1-4H3/b8-7+. The monoisotopic (exact) mass is 342 g/mol. The van der Waals surface area contributed by atoms with Gasteiger partial charge in [-0.1, -0.05) is 39.6 Å². The Hall–Kier alpha value is -0.285. The van der Waals surface area contributed by atoms with Crippen LogP contribution in [0.2, 0.25) is 5.02 Å². The van der Waals surface area contributed by atoms with Gasteiger partial charge in [-0.3, -0.25) is 0 Å². The highest BCUT2D eigenvalue weighted by Crippen LogP contribution is 2.37. The Morgan fingerprint density at radius 3 is 2.32 bits per heavy atom. The second-order valence-corrected chi connectivity index (χ2v) is 6.94. The highest BCUT2D eigenvalue weighted by atomic mass is 79.9. The molecule has 1 aliphatic rings. The molecule has 0 radical (unpaired) electrons. The predicted octanol–water partition coefficient (Wildman–Crippen LogP) is 4.75. The van der Waals surface area contributed by atoms with Crippen LogP contribution in [0.1, 0.15) is 33.3 Å². The zero-order valence-electron chi connectivity index (χ0n) is 11.5. The van der Waals surface area contributed by atoms with Gasteiger partial charge in [0.15, 0.2) is 0 Å². The van der Waals surface area contributed by atoms with Crippen molar-refractivity contribution in [1.82, 2.24) is 0 Å². The normalized spacial score (nSPS) is 21.3. The lowest BCUT2D eigenvalue weighted by Crippen LogP contribution is -2.41. The zero-order chi connectivity index (χ0) is 14.3. The van der Waals surface area contributed by atoms with Crippen molar-refractivity contribution >= 4 is 40.7 Å². The van der Waals surface area contributed by atoms with Gasteiger partial charge < -0.3 is 9.31 Å². The molecule has 0 aliphatic carbocycles. The molecule has 2 rings (SSSR count). The molecule has 1 aromatic rings. The largest absolute Gasteiger partial charge is 0.487 e. The Labute approximate surface area is 128 Å². The highest BCUT2D eigenvalue weighted by Gasteiger charge is 2.49. The van der Waals surface area contributed by atoms with Crippen LogP contribution in [0, 0.1) is 0 Å². The van der Waals surface area contributed by atoms with Crippen LogP contribution in [0.3, 0.4) is 0 Å². The lowest BCUT2D eigenvalue weighted by molar-refractivity contribution is 0.00578. The Morgan fingerprint density at radius 1 is 1.16 bits per heavy atom. The van der Waals surface area contributed by atoms with E-state index in [4.69, 9.17) is 20.9 Å². The molecule has 0 bridgehead atoms. The lowest BCUT2D eigenvalue weighted by atomic mass is 9.89. The Kier molecular flexibility index (Phi) is 4.17. The van der Waals surface area contributed by atoms with Crippen LogP contribution in [0.5, 0.6) is 0 Å².